The van der Waals surface area contributed by atoms with E-state index in [9.17, 15) is 14.4 Å². The van der Waals surface area contributed by atoms with Crippen molar-refractivity contribution in [3.05, 3.63) is 52.5 Å². The van der Waals surface area contributed by atoms with Crippen molar-refractivity contribution in [1.29, 1.82) is 0 Å². The first-order valence-electron chi connectivity index (χ1n) is 9.91. The molecule has 2 aromatic rings. The molecule has 1 saturated heterocycles. The quantitative estimate of drug-likeness (QED) is 0.443. The predicted molar refractivity (Wildman–Crippen MR) is 115 cm³/mol. The maximum absolute atomic E-state index is 12.6. The minimum absolute atomic E-state index is 0.216. The average molecular weight is 444 g/mol. The lowest BCUT2D eigenvalue weighted by Crippen LogP contribution is -2.51. The van der Waals surface area contributed by atoms with E-state index in [1.807, 2.05) is 18.2 Å². The minimum Gasteiger partial charge on any atom is -0.426 e. The lowest BCUT2D eigenvalue weighted by molar-refractivity contribution is -0.143. The summed E-state index contributed by atoms with van der Waals surface area (Å²) < 4.78 is 10.3. The molecule has 31 heavy (non-hydrogen) atoms. The van der Waals surface area contributed by atoms with Crippen LogP contribution in [0, 0.1) is 0 Å². The highest BCUT2D eigenvalue weighted by Gasteiger charge is 2.27. The lowest BCUT2D eigenvalue weighted by Gasteiger charge is -2.36. The van der Waals surface area contributed by atoms with Gasteiger partial charge in [0.15, 0.2) is 0 Å². The molecule has 1 N–H and O–H groups in total. The Morgan fingerprint density at radius 3 is 2.65 bits per heavy atom. The number of nitrogens with one attached hydrogen (secondary N) is 1. The van der Waals surface area contributed by atoms with Gasteiger partial charge in [0.05, 0.1) is 13.0 Å². The summed E-state index contributed by atoms with van der Waals surface area (Å²) in [5.74, 6) is -1.22. The molecule has 8 nitrogen and oxygen atoms in total. The first kappa shape index (κ1) is 21.1. The lowest BCUT2D eigenvalue weighted by atomic mass is 10.1. The number of carbonyl (C=O) groups excluding carboxylic acids is 3. The van der Waals surface area contributed by atoms with Crippen molar-refractivity contribution in [2.24, 2.45) is 0 Å². The van der Waals surface area contributed by atoms with Crippen LogP contribution >= 0.6 is 11.6 Å². The van der Waals surface area contributed by atoms with Crippen LogP contribution in [0.4, 0.5) is 11.4 Å². The number of ether oxygens (including phenoxy) is 2. The summed E-state index contributed by atoms with van der Waals surface area (Å²) in [6.07, 6.45) is 0.216. The van der Waals surface area contributed by atoms with Crippen LogP contribution in [0.5, 0.6) is 5.75 Å². The largest absolute Gasteiger partial charge is 0.426 e. The number of hydrogen-bond donors (Lipinski definition) is 1. The Labute approximate surface area is 184 Å². The zero-order chi connectivity index (χ0) is 22.0. The maximum Gasteiger partial charge on any atom is 0.315 e. The first-order chi connectivity index (χ1) is 14.9. The third-order valence-corrected chi connectivity index (χ3v) is 5.71. The maximum atomic E-state index is 12.6. The van der Waals surface area contributed by atoms with Crippen LogP contribution in [0.2, 0.25) is 5.02 Å². The fraction of sp³-hybridized carbons (Fsp3) is 0.318. The molecule has 0 atom stereocenters. The number of nitrogens with zero attached hydrogens (tertiary/aromatic N) is 2. The number of piperazine rings is 1. The highest BCUT2D eigenvalue weighted by molar-refractivity contribution is 6.39. The van der Waals surface area contributed by atoms with E-state index in [0.29, 0.717) is 49.2 Å². The Kier molecular flexibility index (Phi) is 6.11. The first-order valence-corrected chi connectivity index (χ1v) is 10.3. The second kappa shape index (κ2) is 8.95. The summed E-state index contributed by atoms with van der Waals surface area (Å²) in [5, 5.41) is 3.24. The van der Waals surface area contributed by atoms with Crippen molar-refractivity contribution in [3.63, 3.8) is 0 Å². The van der Waals surface area contributed by atoms with E-state index in [4.69, 9.17) is 21.1 Å². The molecule has 1 fully saturated rings. The van der Waals surface area contributed by atoms with Gasteiger partial charge in [-0.3, -0.25) is 14.4 Å². The molecule has 0 aromatic heterocycles. The zero-order valence-corrected chi connectivity index (χ0v) is 17.8. The van der Waals surface area contributed by atoms with Crippen molar-refractivity contribution in [2.75, 3.05) is 43.5 Å². The van der Waals surface area contributed by atoms with Gasteiger partial charge in [-0.05, 0) is 29.8 Å². The Balaban J connectivity index is 1.34. The van der Waals surface area contributed by atoms with Crippen LogP contribution in [-0.4, -0.2) is 56.0 Å². The van der Waals surface area contributed by atoms with Crippen molar-refractivity contribution in [3.8, 4) is 5.75 Å². The molecular formula is C22H22ClN3O5. The number of carbonyl (C=O) groups is 3. The number of rotatable bonds is 4. The number of esters is 1. The molecule has 0 bridgehead atoms. The van der Waals surface area contributed by atoms with E-state index in [0.717, 1.165) is 16.8 Å². The normalized spacial score (nSPS) is 15.5. The molecule has 162 valence electrons. The summed E-state index contributed by atoms with van der Waals surface area (Å²) in [4.78, 5) is 40.1. The van der Waals surface area contributed by atoms with E-state index in [-0.39, 0.29) is 12.4 Å². The number of methoxy groups -OCH3 is 1. The molecule has 0 saturated carbocycles. The monoisotopic (exact) mass is 443 g/mol. The molecule has 0 unspecified atom stereocenters. The van der Waals surface area contributed by atoms with E-state index >= 15 is 0 Å². The summed E-state index contributed by atoms with van der Waals surface area (Å²) >= 11 is 6.20. The number of fused-ring (bicyclic) bond motifs is 1. The van der Waals surface area contributed by atoms with Crippen molar-refractivity contribution in [2.45, 2.75) is 13.0 Å². The average Bonchev–Trinajstić information content (AvgIpc) is 3.14. The van der Waals surface area contributed by atoms with Crippen LogP contribution in [-0.2, 0) is 32.1 Å². The van der Waals surface area contributed by atoms with Gasteiger partial charge in [0.1, 0.15) is 5.75 Å². The molecular weight excluding hydrogens is 422 g/mol. The second-order valence-electron chi connectivity index (χ2n) is 7.42. The molecule has 2 aliphatic heterocycles. The summed E-state index contributed by atoms with van der Waals surface area (Å²) in [6, 6.07) is 10.7. The fourth-order valence-electron chi connectivity index (χ4n) is 3.71. The summed E-state index contributed by atoms with van der Waals surface area (Å²) in [7, 11) is 1.62. The molecule has 9 heteroatoms. The Morgan fingerprint density at radius 2 is 1.90 bits per heavy atom. The number of benzene rings is 2. The molecule has 4 rings (SSSR count). The molecule has 2 amide bonds. The standard InChI is InChI=1S/C22H22ClN3O5/c1-30-13-15-10-17(4-5-18(15)23)25-6-8-26(9-7-25)22(29)21(28)24-16-3-2-14-11-20(27)31-19(14)12-16/h2-5,10,12H,6-9,11,13H2,1H3,(H,24,28). The van der Waals surface area contributed by atoms with Crippen LogP contribution in [0.15, 0.2) is 36.4 Å². The third kappa shape index (κ3) is 4.65. The minimum atomic E-state index is -0.716. The van der Waals surface area contributed by atoms with E-state index in [2.05, 4.69) is 10.2 Å². The Morgan fingerprint density at radius 1 is 1.13 bits per heavy atom. The molecule has 0 aliphatic carbocycles. The second-order valence-corrected chi connectivity index (χ2v) is 7.82. The van der Waals surface area contributed by atoms with Gasteiger partial charge >= 0.3 is 17.8 Å². The predicted octanol–water partition coefficient (Wildman–Crippen LogP) is 2.24. The Hall–Kier alpha value is -3.10. The highest BCUT2D eigenvalue weighted by Crippen LogP contribution is 2.29. The van der Waals surface area contributed by atoms with E-state index < -0.39 is 11.8 Å². The van der Waals surface area contributed by atoms with Gasteiger partial charge in [0, 0.05) is 61.3 Å². The smallest absolute Gasteiger partial charge is 0.315 e. The third-order valence-electron chi connectivity index (χ3n) is 5.34. The fourth-order valence-corrected chi connectivity index (χ4v) is 3.88. The van der Waals surface area contributed by atoms with Crippen LogP contribution in [0.3, 0.4) is 0 Å². The number of halogens is 1. The van der Waals surface area contributed by atoms with Crippen molar-refractivity contribution in [1.82, 2.24) is 4.90 Å². The van der Waals surface area contributed by atoms with Gasteiger partial charge in [0.2, 0.25) is 0 Å². The van der Waals surface area contributed by atoms with Crippen LogP contribution < -0.4 is 15.0 Å². The molecule has 0 radical (unpaired) electrons. The van der Waals surface area contributed by atoms with Gasteiger partial charge in [-0.25, -0.2) is 0 Å². The molecule has 2 aliphatic rings. The Bertz CT molecular complexity index is 1030. The SMILES string of the molecule is COCc1cc(N2CCN(C(=O)C(=O)Nc3ccc4c(c3)OC(=O)C4)CC2)ccc1Cl. The highest BCUT2D eigenvalue weighted by atomic mass is 35.5. The molecule has 0 spiro atoms. The van der Waals surface area contributed by atoms with Gasteiger partial charge in [-0.15, -0.1) is 0 Å². The molecule has 2 heterocycles. The summed E-state index contributed by atoms with van der Waals surface area (Å²) in [6.45, 7) is 2.48. The van der Waals surface area contributed by atoms with Crippen molar-refractivity contribution >= 4 is 40.8 Å². The van der Waals surface area contributed by atoms with Crippen LogP contribution in [0.1, 0.15) is 11.1 Å². The van der Waals surface area contributed by atoms with Crippen molar-refractivity contribution < 1.29 is 23.9 Å². The topological polar surface area (TPSA) is 88.2 Å². The van der Waals surface area contributed by atoms with Crippen LogP contribution in [0.25, 0.3) is 0 Å². The van der Waals surface area contributed by atoms with Gasteiger partial charge in [-0.2, -0.15) is 0 Å². The number of amides is 2. The van der Waals surface area contributed by atoms with Gasteiger partial charge in [0.25, 0.3) is 0 Å². The number of hydrogen-bond acceptors (Lipinski definition) is 6. The summed E-state index contributed by atoms with van der Waals surface area (Å²) in [5.41, 5.74) is 3.08. The van der Waals surface area contributed by atoms with E-state index in [1.165, 1.54) is 4.90 Å². The number of anilines is 2. The van der Waals surface area contributed by atoms with Gasteiger partial charge < -0.3 is 24.6 Å². The zero-order valence-electron chi connectivity index (χ0n) is 17.0. The van der Waals surface area contributed by atoms with Gasteiger partial charge in [-0.1, -0.05) is 17.7 Å². The molecule has 2 aromatic carbocycles. The van der Waals surface area contributed by atoms with E-state index in [1.54, 1.807) is 25.3 Å².